The molecule has 0 atom stereocenters. The molecule has 2 amide bonds. The van der Waals surface area contributed by atoms with Crippen molar-refractivity contribution in [1.82, 2.24) is 10.2 Å². The first-order valence-electron chi connectivity index (χ1n) is 9.07. The van der Waals surface area contributed by atoms with Crippen LogP contribution >= 0.6 is 0 Å². The molecular weight excluding hydrogens is 346 g/mol. The van der Waals surface area contributed by atoms with Gasteiger partial charge in [-0.1, -0.05) is 30.3 Å². The van der Waals surface area contributed by atoms with Gasteiger partial charge >= 0.3 is 12.2 Å². The summed E-state index contributed by atoms with van der Waals surface area (Å²) in [4.78, 5) is 28.7. The number of alkyl carbamates (subject to hydrolysis) is 1. The summed E-state index contributed by atoms with van der Waals surface area (Å²) in [6.45, 7) is 14.0. The average molecular weight is 375 g/mol. The van der Waals surface area contributed by atoms with Crippen LogP contribution in [0.25, 0.3) is 4.85 Å². The number of rotatable bonds is 9. The van der Waals surface area contributed by atoms with Crippen molar-refractivity contribution in [2.45, 2.75) is 45.8 Å². The molecule has 1 aromatic carbocycles. The van der Waals surface area contributed by atoms with Gasteiger partial charge in [0.1, 0.15) is 12.2 Å². The smallest absolute Gasteiger partial charge is 0.410 e. The normalized spacial score (nSPS) is 10.6. The molecule has 0 aliphatic carbocycles. The quantitative estimate of drug-likeness (QED) is 0.526. The second-order valence-corrected chi connectivity index (χ2v) is 7.04. The summed E-state index contributed by atoms with van der Waals surface area (Å²) in [6.07, 6.45) is 0.505. The largest absolute Gasteiger partial charge is 0.445 e. The van der Waals surface area contributed by atoms with Gasteiger partial charge in [-0.25, -0.2) is 16.2 Å². The van der Waals surface area contributed by atoms with Gasteiger partial charge in [-0.3, -0.25) is 0 Å². The van der Waals surface area contributed by atoms with E-state index in [9.17, 15) is 9.59 Å². The SMILES string of the molecule is [C-]#[N+]CCN(CCCCNC(=O)OC(C)(C)C)C(=O)OCc1ccccc1. The molecule has 0 heterocycles. The summed E-state index contributed by atoms with van der Waals surface area (Å²) in [5.41, 5.74) is 0.390. The van der Waals surface area contributed by atoms with Crippen LogP contribution in [0.15, 0.2) is 30.3 Å². The standard InChI is InChI=1S/C20H29N3O4/c1-20(2,3)27-18(24)22-12-8-9-14-23(15-13-21-4)19(25)26-16-17-10-6-5-7-11-17/h5-7,10-11H,8-9,12-16H2,1-3H3,(H,22,24). The van der Waals surface area contributed by atoms with Gasteiger partial charge in [0.2, 0.25) is 6.54 Å². The number of nitrogens with zero attached hydrogens (tertiary/aromatic N) is 2. The second-order valence-electron chi connectivity index (χ2n) is 7.04. The highest BCUT2D eigenvalue weighted by atomic mass is 16.6. The number of nitrogens with one attached hydrogen (secondary N) is 1. The maximum Gasteiger partial charge on any atom is 0.410 e. The summed E-state index contributed by atoms with van der Waals surface area (Å²) in [6, 6.07) is 9.45. The highest BCUT2D eigenvalue weighted by molar-refractivity contribution is 5.68. The molecule has 1 N–H and O–H groups in total. The number of amides is 2. The van der Waals surface area contributed by atoms with Crippen LogP contribution in [0.3, 0.4) is 0 Å². The summed E-state index contributed by atoms with van der Waals surface area (Å²) in [5.74, 6) is 0. The van der Waals surface area contributed by atoms with Crippen LogP contribution in [-0.4, -0.2) is 48.9 Å². The minimum Gasteiger partial charge on any atom is -0.445 e. The molecule has 0 aromatic heterocycles. The van der Waals surface area contributed by atoms with Crippen LogP contribution in [0.2, 0.25) is 0 Å². The van der Waals surface area contributed by atoms with Crippen LogP contribution < -0.4 is 5.32 Å². The minimum absolute atomic E-state index is 0.203. The first-order chi connectivity index (χ1) is 12.8. The van der Waals surface area contributed by atoms with Crippen molar-refractivity contribution in [2.24, 2.45) is 0 Å². The molecule has 148 valence electrons. The van der Waals surface area contributed by atoms with Gasteiger partial charge < -0.3 is 24.5 Å². The lowest BCUT2D eigenvalue weighted by Gasteiger charge is -2.21. The number of carbonyl (C=O) groups is 2. The number of hydrogen-bond donors (Lipinski definition) is 1. The topological polar surface area (TPSA) is 72.2 Å². The van der Waals surface area contributed by atoms with Gasteiger partial charge in [0.05, 0.1) is 6.54 Å². The molecule has 1 rings (SSSR count). The van der Waals surface area contributed by atoms with E-state index in [2.05, 4.69) is 10.2 Å². The lowest BCUT2D eigenvalue weighted by Crippen LogP contribution is -2.35. The third kappa shape index (κ3) is 10.8. The van der Waals surface area contributed by atoms with Crippen molar-refractivity contribution >= 4 is 12.2 Å². The summed E-state index contributed by atoms with van der Waals surface area (Å²) in [5, 5.41) is 2.69. The molecule has 0 saturated heterocycles. The van der Waals surface area contributed by atoms with E-state index in [4.69, 9.17) is 16.0 Å². The van der Waals surface area contributed by atoms with Gasteiger partial charge in [-0.2, -0.15) is 0 Å². The molecule has 0 saturated carbocycles. The molecule has 0 spiro atoms. The van der Waals surface area contributed by atoms with Crippen molar-refractivity contribution in [3.8, 4) is 0 Å². The first-order valence-corrected chi connectivity index (χ1v) is 9.07. The molecule has 0 aliphatic rings. The van der Waals surface area contributed by atoms with E-state index in [-0.39, 0.29) is 13.2 Å². The number of hydrogen-bond acceptors (Lipinski definition) is 4. The third-order valence-electron chi connectivity index (χ3n) is 3.47. The molecule has 0 fully saturated rings. The Morgan fingerprint density at radius 3 is 2.48 bits per heavy atom. The van der Waals surface area contributed by atoms with Crippen molar-refractivity contribution < 1.29 is 19.1 Å². The van der Waals surface area contributed by atoms with E-state index in [0.717, 1.165) is 5.56 Å². The Balaban J connectivity index is 2.33. The Morgan fingerprint density at radius 2 is 1.85 bits per heavy atom. The number of benzene rings is 1. The van der Waals surface area contributed by atoms with E-state index in [1.165, 1.54) is 4.90 Å². The highest BCUT2D eigenvalue weighted by Crippen LogP contribution is 2.07. The Morgan fingerprint density at radius 1 is 1.15 bits per heavy atom. The molecule has 0 unspecified atom stereocenters. The van der Waals surface area contributed by atoms with Gasteiger partial charge in [0, 0.05) is 13.1 Å². The Labute approximate surface area is 161 Å². The summed E-state index contributed by atoms with van der Waals surface area (Å²) >= 11 is 0. The Kier molecular flexibility index (Phi) is 9.73. The molecule has 7 nitrogen and oxygen atoms in total. The average Bonchev–Trinajstić information content (AvgIpc) is 2.61. The predicted octanol–water partition coefficient (Wildman–Crippen LogP) is 3.85. The van der Waals surface area contributed by atoms with Crippen molar-refractivity contribution in [3.63, 3.8) is 0 Å². The van der Waals surface area contributed by atoms with E-state index in [1.54, 1.807) is 0 Å². The van der Waals surface area contributed by atoms with E-state index in [0.29, 0.717) is 32.5 Å². The predicted molar refractivity (Wildman–Crippen MR) is 103 cm³/mol. The van der Waals surface area contributed by atoms with Gasteiger partial charge in [0.15, 0.2) is 0 Å². The van der Waals surface area contributed by atoms with Crippen LogP contribution in [-0.2, 0) is 16.1 Å². The van der Waals surface area contributed by atoms with Crippen molar-refractivity contribution in [2.75, 3.05) is 26.2 Å². The fraction of sp³-hybridized carbons (Fsp3) is 0.550. The van der Waals surface area contributed by atoms with Crippen molar-refractivity contribution in [1.29, 1.82) is 0 Å². The number of carbonyl (C=O) groups excluding carboxylic acids is 2. The zero-order valence-corrected chi connectivity index (χ0v) is 16.4. The summed E-state index contributed by atoms with van der Waals surface area (Å²) < 4.78 is 10.5. The second kappa shape index (κ2) is 11.8. The number of ether oxygens (including phenoxy) is 2. The molecule has 27 heavy (non-hydrogen) atoms. The summed E-state index contributed by atoms with van der Waals surface area (Å²) in [7, 11) is 0. The van der Waals surface area contributed by atoms with Crippen molar-refractivity contribution in [3.05, 3.63) is 47.3 Å². The van der Waals surface area contributed by atoms with Gasteiger partial charge in [-0.05, 0) is 39.2 Å². The van der Waals surface area contributed by atoms with E-state index in [1.807, 2.05) is 51.1 Å². The fourth-order valence-electron chi connectivity index (χ4n) is 2.21. The molecular formula is C20H29N3O4. The first kappa shape index (κ1) is 22.3. The molecule has 7 heteroatoms. The van der Waals surface area contributed by atoms with Gasteiger partial charge in [0.25, 0.3) is 0 Å². The maximum atomic E-state index is 12.3. The van der Waals surface area contributed by atoms with Gasteiger partial charge in [-0.15, -0.1) is 0 Å². The monoisotopic (exact) mass is 375 g/mol. The molecule has 0 radical (unpaired) electrons. The van der Waals surface area contributed by atoms with E-state index < -0.39 is 17.8 Å². The van der Waals surface area contributed by atoms with Crippen LogP contribution in [0.1, 0.15) is 39.2 Å². The maximum absolute atomic E-state index is 12.3. The fourth-order valence-corrected chi connectivity index (χ4v) is 2.21. The van der Waals surface area contributed by atoms with Crippen LogP contribution in [0.5, 0.6) is 0 Å². The lowest BCUT2D eigenvalue weighted by molar-refractivity contribution is 0.0525. The third-order valence-corrected chi connectivity index (χ3v) is 3.47. The van der Waals surface area contributed by atoms with Crippen LogP contribution in [0.4, 0.5) is 9.59 Å². The van der Waals surface area contributed by atoms with Crippen LogP contribution in [0, 0.1) is 6.57 Å². The van der Waals surface area contributed by atoms with E-state index >= 15 is 0 Å². The Hall–Kier alpha value is -2.75. The Bertz CT molecular complexity index is 620. The molecule has 0 aliphatic heterocycles. The molecule has 0 bridgehead atoms. The lowest BCUT2D eigenvalue weighted by atomic mass is 10.2. The molecule has 1 aromatic rings. The number of unbranched alkanes of at least 4 members (excludes halogenated alkanes) is 1. The zero-order valence-electron chi connectivity index (χ0n) is 16.4. The zero-order chi connectivity index (χ0) is 20.1. The highest BCUT2D eigenvalue weighted by Gasteiger charge is 2.17. The minimum atomic E-state index is -0.525.